The second-order valence-corrected chi connectivity index (χ2v) is 4.24. The van der Waals surface area contributed by atoms with Crippen LogP contribution in [0.3, 0.4) is 0 Å². The van der Waals surface area contributed by atoms with Gasteiger partial charge in [0.05, 0.1) is 30.5 Å². The summed E-state index contributed by atoms with van der Waals surface area (Å²) in [5.41, 5.74) is 3.92. The van der Waals surface area contributed by atoms with E-state index in [2.05, 4.69) is 20.4 Å². The molecule has 18 heavy (non-hydrogen) atoms. The Bertz CT molecular complexity index is 681. The van der Waals surface area contributed by atoms with Crippen molar-refractivity contribution in [2.24, 2.45) is 14.1 Å². The van der Waals surface area contributed by atoms with Gasteiger partial charge >= 0.3 is 0 Å². The molecule has 0 unspecified atom stereocenters. The minimum Gasteiger partial charge on any atom is -0.377 e. The molecule has 0 aromatic carbocycles. The molecule has 0 spiro atoms. The molecule has 0 saturated heterocycles. The van der Waals surface area contributed by atoms with Crippen LogP contribution in [0.2, 0.25) is 0 Å². The van der Waals surface area contributed by atoms with Crippen molar-refractivity contribution < 1.29 is 0 Å². The van der Waals surface area contributed by atoms with Gasteiger partial charge in [-0.3, -0.25) is 9.67 Å². The number of hydrogen-bond donors (Lipinski definition) is 1. The molecule has 3 rings (SSSR count). The van der Waals surface area contributed by atoms with Gasteiger partial charge in [-0.05, 0) is 6.07 Å². The third-order valence-corrected chi connectivity index (χ3v) is 2.85. The Morgan fingerprint density at radius 1 is 1.28 bits per heavy atom. The molecule has 0 aliphatic rings. The summed E-state index contributed by atoms with van der Waals surface area (Å²) in [5, 5.41) is 7.58. The maximum absolute atomic E-state index is 4.28. The van der Waals surface area contributed by atoms with Crippen molar-refractivity contribution in [3.8, 4) is 0 Å². The van der Waals surface area contributed by atoms with E-state index in [-0.39, 0.29) is 0 Å². The Hall–Kier alpha value is -2.37. The van der Waals surface area contributed by atoms with Gasteiger partial charge in [-0.15, -0.1) is 0 Å². The van der Waals surface area contributed by atoms with Crippen LogP contribution in [-0.4, -0.2) is 24.3 Å². The standard InChI is InChI=1S/C12H14N6/c1-17-7-9(15-8-17)5-14-10-3-4-13-11-6-16-18(2)12(10)11/h3-4,6-8H,5H2,1-2H3,(H,13,14). The number of nitrogens with zero attached hydrogens (tertiary/aromatic N) is 5. The van der Waals surface area contributed by atoms with Crippen LogP contribution in [0.1, 0.15) is 5.69 Å². The summed E-state index contributed by atoms with van der Waals surface area (Å²) in [6.07, 6.45) is 7.34. The highest BCUT2D eigenvalue weighted by atomic mass is 15.3. The topological polar surface area (TPSA) is 60.6 Å². The second kappa shape index (κ2) is 4.14. The van der Waals surface area contributed by atoms with Gasteiger partial charge in [-0.1, -0.05) is 0 Å². The van der Waals surface area contributed by atoms with Gasteiger partial charge in [0.25, 0.3) is 0 Å². The van der Waals surface area contributed by atoms with Crippen molar-refractivity contribution in [2.75, 3.05) is 5.32 Å². The second-order valence-electron chi connectivity index (χ2n) is 4.24. The first kappa shape index (κ1) is 10.8. The highest BCUT2D eigenvalue weighted by Crippen LogP contribution is 2.20. The summed E-state index contributed by atoms with van der Waals surface area (Å²) in [6, 6.07) is 1.95. The van der Waals surface area contributed by atoms with Gasteiger partial charge in [0.1, 0.15) is 11.0 Å². The molecular formula is C12H14N6. The fourth-order valence-corrected chi connectivity index (χ4v) is 1.99. The van der Waals surface area contributed by atoms with Crippen molar-refractivity contribution in [3.05, 3.63) is 36.7 Å². The average molecular weight is 242 g/mol. The van der Waals surface area contributed by atoms with Crippen LogP contribution in [0.25, 0.3) is 11.0 Å². The zero-order chi connectivity index (χ0) is 12.5. The molecule has 0 saturated carbocycles. The van der Waals surface area contributed by atoms with Crippen LogP contribution in [0.4, 0.5) is 5.69 Å². The third kappa shape index (κ3) is 1.81. The molecule has 0 atom stereocenters. The Balaban J connectivity index is 1.88. The number of hydrogen-bond acceptors (Lipinski definition) is 4. The highest BCUT2D eigenvalue weighted by Gasteiger charge is 2.06. The van der Waals surface area contributed by atoms with Crippen LogP contribution in [0.5, 0.6) is 0 Å². The lowest BCUT2D eigenvalue weighted by Gasteiger charge is -2.06. The molecule has 92 valence electrons. The first-order chi connectivity index (χ1) is 8.74. The molecule has 0 bridgehead atoms. The first-order valence-corrected chi connectivity index (χ1v) is 5.71. The molecular weight excluding hydrogens is 228 g/mol. The fraction of sp³-hybridized carbons (Fsp3) is 0.250. The van der Waals surface area contributed by atoms with E-state index < -0.39 is 0 Å². The SMILES string of the molecule is Cn1cnc(CNc2ccnc3cnn(C)c23)c1. The van der Waals surface area contributed by atoms with Crippen molar-refractivity contribution in [1.82, 2.24) is 24.3 Å². The van der Waals surface area contributed by atoms with Crippen molar-refractivity contribution in [3.63, 3.8) is 0 Å². The summed E-state index contributed by atoms with van der Waals surface area (Å²) in [4.78, 5) is 8.56. The summed E-state index contributed by atoms with van der Waals surface area (Å²) in [5.74, 6) is 0. The molecule has 6 heteroatoms. The Morgan fingerprint density at radius 2 is 2.17 bits per heavy atom. The van der Waals surface area contributed by atoms with Crippen LogP contribution in [0, 0.1) is 0 Å². The molecule has 1 N–H and O–H groups in total. The molecule has 3 aromatic rings. The monoisotopic (exact) mass is 242 g/mol. The molecule has 0 aliphatic heterocycles. The van der Waals surface area contributed by atoms with Crippen LogP contribution < -0.4 is 5.32 Å². The average Bonchev–Trinajstić information content (AvgIpc) is 2.94. The van der Waals surface area contributed by atoms with Crippen LogP contribution in [-0.2, 0) is 20.6 Å². The number of aromatic nitrogens is 5. The molecule has 6 nitrogen and oxygen atoms in total. The minimum atomic E-state index is 0.686. The maximum atomic E-state index is 4.28. The van der Waals surface area contributed by atoms with Gasteiger partial charge in [0.2, 0.25) is 0 Å². The van der Waals surface area contributed by atoms with E-state index in [1.165, 1.54) is 0 Å². The van der Waals surface area contributed by atoms with Crippen molar-refractivity contribution in [1.29, 1.82) is 0 Å². The van der Waals surface area contributed by atoms with Gasteiger partial charge in [-0.25, -0.2) is 4.98 Å². The van der Waals surface area contributed by atoms with E-state index in [1.54, 1.807) is 18.7 Å². The number of aryl methyl sites for hydroxylation is 2. The number of rotatable bonds is 3. The van der Waals surface area contributed by atoms with E-state index in [0.29, 0.717) is 6.54 Å². The Morgan fingerprint density at radius 3 is 2.94 bits per heavy atom. The van der Waals surface area contributed by atoms with Gasteiger partial charge < -0.3 is 9.88 Å². The summed E-state index contributed by atoms with van der Waals surface area (Å²) >= 11 is 0. The molecule has 0 aliphatic carbocycles. The lowest BCUT2D eigenvalue weighted by molar-refractivity contribution is 0.797. The third-order valence-electron chi connectivity index (χ3n) is 2.85. The predicted molar refractivity (Wildman–Crippen MR) is 69.0 cm³/mol. The highest BCUT2D eigenvalue weighted by molar-refractivity contribution is 5.87. The van der Waals surface area contributed by atoms with Gasteiger partial charge in [0.15, 0.2) is 0 Å². The fourth-order valence-electron chi connectivity index (χ4n) is 1.99. The maximum Gasteiger partial charge on any atom is 0.110 e. The molecule has 3 heterocycles. The number of anilines is 1. The number of fused-ring (bicyclic) bond motifs is 1. The number of pyridine rings is 1. The Labute approximate surface area is 104 Å². The summed E-state index contributed by atoms with van der Waals surface area (Å²) in [6.45, 7) is 0.686. The van der Waals surface area contributed by atoms with E-state index in [1.807, 2.05) is 35.6 Å². The zero-order valence-corrected chi connectivity index (χ0v) is 10.3. The van der Waals surface area contributed by atoms with Crippen molar-refractivity contribution in [2.45, 2.75) is 6.54 Å². The predicted octanol–water partition coefficient (Wildman–Crippen LogP) is 1.31. The number of nitrogens with one attached hydrogen (secondary N) is 1. The largest absolute Gasteiger partial charge is 0.377 e. The lowest BCUT2D eigenvalue weighted by Crippen LogP contribution is -2.02. The van der Waals surface area contributed by atoms with E-state index in [4.69, 9.17) is 0 Å². The first-order valence-electron chi connectivity index (χ1n) is 5.71. The smallest absolute Gasteiger partial charge is 0.110 e. The molecule has 0 radical (unpaired) electrons. The summed E-state index contributed by atoms with van der Waals surface area (Å²) < 4.78 is 3.76. The molecule has 0 amide bonds. The summed E-state index contributed by atoms with van der Waals surface area (Å²) in [7, 11) is 3.87. The van der Waals surface area contributed by atoms with Gasteiger partial charge in [0, 0.05) is 26.5 Å². The number of imidazole rings is 1. The molecule has 3 aromatic heterocycles. The van der Waals surface area contributed by atoms with Crippen LogP contribution in [0.15, 0.2) is 31.0 Å². The normalized spacial score (nSPS) is 11.0. The minimum absolute atomic E-state index is 0.686. The lowest BCUT2D eigenvalue weighted by atomic mass is 10.3. The van der Waals surface area contributed by atoms with E-state index >= 15 is 0 Å². The van der Waals surface area contributed by atoms with Crippen LogP contribution >= 0.6 is 0 Å². The Kier molecular flexibility index (Phi) is 2.47. The zero-order valence-electron chi connectivity index (χ0n) is 10.3. The van der Waals surface area contributed by atoms with Gasteiger partial charge in [-0.2, -0.15) is 5.10 Å². The molecule has 0 fully saturated rings. The van der Waals surface area contributed by atoms with E-state index in [9.17, 15) is 0 Å². The van der Waals surface area contributed by atoms with E-state index in [0.717, 1.165) is 22.4 Å². The van der Waals surface area contributed by atoms with Crippen molar-refractivity contribution >= 4 is 16.7 Å². The quantitative estimate of drug-likeness (QED) is 0.752.